The SMILES string of the molecule is NC(=O)Nc1sc(-c2cc[nH]c2)cc1C(=O)N[C@H]1CCCCNC1. The number of nitrogens with one attached hydrogen (secondary N) is 4. The minimum atomic E-state index is -0.678. The molecule has 0 radical (unpaired) electrons. The first-order valence-corrected chi connectivity index (χ1v) is 8.80. The smallest absolute Gasteiger partial charge is 0.317 e. The van der Waals surface area contributed by atoms with Crippen molar-refractivity contribution >= 4 is 28.3 Å². The molecule has 0 bridgehead atoms. The molecule has 0 saturated carbocycles. The van der Waals surface area contributed by atoms with Crippen LogP contribution in [-0.2, 0) is 0 Å². The summed E-state index contributed by atoms with van der Waals surface area (Å²) in [5, 5.41) is 9.40. The van der Waals surface area contributed by atoms with Crippen molar-refractivity contribution in [2.75, 3.05) is 18.4 Å². The molecular formula is C16H21N5O2S. The number of anilines is 1. The van der Waals surface area contributed by atoms with Crippen molar-refractivity contribution in [2.24, 2.45) is 5.73 Å². The number of aromatic amines is 1. The van der Waals surface area contributed by atoms with Gasteiger partial charge < -0.3 is 21.4 Å². The zero-order valence-electron chi connectivity index (χ0n) is 13.2. The molecule has 0 spiro atoms. The van der Waals surface area contributed by atoms with E-state index in [1.807, 2.05) is 18.5 Å². The van der Waals surface area contributed by atoms with Gasteiger partial charge in [0.05, 0.1) is 5.56 Å². The highest BCUT2D eigenvalue weighted by molar-refractivity contribution is 7.20. The second-order valence-corrected chi connectivity index (χ2v) is 6.86. The molecule has 7 nitrogen and oxygen atoms in total. The Morgan fingerprint density at radius 2 is 2.21 bits per heavy atom. The molecule has 2 aromatic heterocycles. The maximum Gasteiger partial charge on any atom is 0.317 e. The van der Waals surface area contributed by atoms with Crippen molar-refractivity contribution in [1.82, 2.24) is 15.6 Å². The predicted octanol–water partition coefficient (Wildman–Crippen LogP) is 2.11. The van der Waals surface area contributed by atoms with E-state index < -0.39 is 6.03 Å². The molecule has 0 unspecified atom stereocenters. The summed E-state index contributed by atoms with van der Waals surface area (Å²) in [6.07, 6.45) is 6.82. The minimum Gasteiger partial charge on any atom is -0.367 e. The van der Waals surface area contributed by atoms with Gasteiger partial charge in [0.1, 0.15) is 5.00 Å². The number of hydrogen-bond donors (Lipinski definition) is 5. The molecule has 3 heterocycles. The summed E-state index contributed by atoms with van der Waals surface area (Å²) in [6, 6.07) is 3.12. The third-order valence-corrected chi connectivity index (χ3v) is 5.08. The van der Waals surface area contributed by atoms with Crippen LogP contribution in [0.2, 0.25) is 0 Å². The van der Waals surface area contributed by atoms with Gasteiger partial charge in [0.2, 0.25) is 0 Å². The number of carbonyl (C=O) groups is 2. The van der Waals surface area contributed by atoms with Crippen LogP contribution in [0.1, 0.15) is 29.6 Å². The predicted molar refractivity (Wildman–Crippen MR) is 95.3 cm³/mol. The highest BCUT2D eigenvalue weighted by atomic mass is 32.1. The van der Waals surface area contributed by atoms with E-state index in [-0.39, 0.29) is 11.9 Å². The van der Waals surface area contributed by atoms with Crippen LogP contribution < -0.4 is 21.7 Å². The number of H-pyrrole nitrogens is 1. The molecule has 3 rings (SSSR count). The average Bonchev–Trinajstić information content (AvgIpc) is 3.13. The molecule has 6 N–H and O–H groups in total. The summed E-state index contributed by atoms with van der Waals surface area (Å²) in [4.78, 5) is 27.8. The average molecular weight is 347 g/mol. The van der Waals surface area contributed by atoms with Crippen molar-refractivity contribution < 1.29 is 9.59 Å². The van der Waals surface area contributed by atoms with E-state index in [2.05, 4.69) is 20.9 Å². The minimum absolute atomic E-state index is 0.0945. The summed E-state index contributed by atoms with van der Waals surface area (Å²) in [6.45, 7) is 1.75. The Bertz CT molecular complexity index is 702. The van der Waals surface area contributed by atoms with E-state index >= 15 is 0 Å². The topological polar surface area (TPSA) is 112 Å². The van der Waals surface area contributed by atoms with E-state index in [9.17, 15) is 9.59 Å². The van der Waals surface area contributed by atoms with Crippen molar-refractivity contribution in [3.63, 3.8) is 0 Å². The third-order valence-electron chi connectivity index (χ3n) is 3.98. The Balaban J connectivity index is 1.81. The Morgan fingerprint density at radius 3 is 2.96 bits per heavy atom. The highest BCUT2D eigenvalue weighted by Gasteiger charge is 2.21. The fourth-order valence-corrected chi connectivity index (χ4v) is 3.84. The van der Waals surface area contributed by atoms with Gasteiger partial charge in [0.15, 0.2) is 0 Å². The van der Waals surface area contributed by atoms with Gasteiger partial charge in [-0.05, 0) is 31.5 Å². The normalized spacial score (nSPS) is 17.9. The third kappa shape index (κ3) is 3.95. The number of nitrogens with two attached hydrogens (primary N) is 1. The van der Waals surface area contributed by atoms with Gasteiger partial charge in [-0.15, -0.1) is 11.3 Å². The first-order chi connectivity index (χ1) is 11.6. The molecule has 1 aliphatic heterocycles. The molecule has 1 aliphatic rings. The largest absolute Gasteiger partial charge is 0.367 e. The van der Waals surface area contributed by atoms with Gasteiger partial charge >= 0.3 is 6.03 Å². The Kier molecular flexibility index (Phi) is 5.17. The van der Waals surface area contributed by atoms with Crippen LogP contribution in [0.15, 0.2) is 24.5 Å². The number of primary amides is 1. The Labute approximate surface area is 144 Å². The zero-order valence-corrected chi connectivity index (χ0v) is 14.0. The van der Waals surface area contributed by atoms with Crippen LogP contribution in [0.3, 0.4) is 0 Å². The van der Waals surface area contributed by atoms with Crippen LogP contribution in [-0.4, -0.2) is 36.1 Å². The molecule has 1 fully saturated rings. The number of urea groups is 1. The summed E-state index contributed by atoms with van der Waals surface area (Å²) >= 11 is 1.33. The lowest BCUT2D eigenvalue weighted by Crippen LogP contribution is -2.41. The Morgan fingerprint density at radius 1 is 1.33 bits per heavy atom. The summed E-state index contributed by atoms with van der Waals surface area (Å²) in [5.41, 5.74) is 6.64. The van der Waals surface area contributed by atoms with Gasteiger partial charge in [-0.1, -0.05) is 6.42 Å². The quantitative estimate of drug-likeness (QED) is 0.584. The molecule has 0 aliphatic carbocycles. The van der Waals surface area contributed by atoms with E-state index in [0.717, 1.165) is 42.8 Å². The molecule has 128 valence electrons. The van der Waals surface area contributed by atoms with Crippen molar-refractivity contribution in [3.8, 4) is 10.4 Å². The van der Waals surface area contributed by atoms with Crippen LogP contribution in [0.5, 0.6) is 0 Å². The summed E-state index contributed by atoms with van der Waals surface area (Å²) in [7, 11) is 0. The van der Waals surface area contributed by atoms with Gasteiger partial charge in [-0.25, -0.2) is 4.79 Å². The maximum absolute atomic E-state index is 12.7. The molecule has 3 amide bonds. The van der Waals surface area contributed by atoms with Gasteiger partial charge in [0.25, 0.3) is 5.91 Å². The van der Waals surface area contributed by atoms with E-state index in [4.69, 9.17) is 5.73 Å². The summed E-state index contributed by atoms with van der Waals surface area (Å²) in [5.74, 6) is -0.189. The van der Waals surface area contributed by atoms with Crippen LogP contribution in [0, 0.1) is 0 Å². The first kappa shape index (κ1) is 16.5. The number of carbonyl (C=O) groups excluding carboxylic acids is 2. The van der Waals surface area contributed by atoms with Gasteiger partial charge in [0, 0.05) is 35.4 Å². The van der Waals surface area contributed by atoms with Crippen molar-refractivity contribution in [1.29, 1.82) is 0 Å². The lowest BCUT2D eigenvalue weighted by atomic mass is 10.1. The maximum atomic E-state index is 12.7. The number of amides is 3. The molecular weight excluding hydrogens is 326 g/mol. The fraction of sp³-hybridized carbons (Fsp3) is 0.375. The van der Waals surface area contributed by atoms with E-state index in [0.29, 0.717) is 10.6 Å². The van der Waals surface area contributed by atoms with E-state index in [1.54, 1.807) is 6.07 Å². The molecule has 24 heavy (non-hydrogen) atoms. The van der Waals surface area contributed by atoms with Gasteiger partial charge in [-0.2, -0.15) is 0 Å². The number of aromatic nitrogens is 1. The Hall–Kier alpha value is -2.32. The molecule has 1 atom stereocenters. The second kappa shape index (κ2) is 7.50. The second-order valence-electron chi connectivity index (χ2n) is 5.81. The zero-order chi connectivity index (χ0) is 16.9. The number of hydrogen-bond acceptors (Lipinski definition) is 4. The van der Waals surface area contributed by atoms with Crippen LogP contribution in [0.25, 0.3) is 10.4 Å². The monoisotopic (exact) mass is 347 g/mol. The van der Waals surface area contributed by atoms with Gasteiger partial charge in [-0.3, -0.25) is 10.1 Å². The summed E-state index contributed by atoms with van der Waals surface area (Å²) < 4.78 is 0. The molecule has 0 aromatic carbocycles. The van der Waals surface area contributed by atoms with E-state index in [1.165, 1.54) is 11.3 Å². The first-order valence-electron chi connectivity index (χ1n) is 7.98. The molecule has 2 aromatic rings. The highest BCUT2D eigenvalue weighted by Crippen LogP contribution is 2.35. The van der Waals surface area contributed by atoms with Crippen molar-refractivity contribution in [2.45, 2.75) is 25.3 Å². The van der Waals surface area contributed by atoms with Crippen LogP contribution >= 0.6 is 11.3 Å². The lowest BCUT2D eigenvalue weighted by Gasteiger charge is -2.16. The lowest BCUT2D eigenvalue weighted by molar-refractivity contribution is 0.0937. The number of rotatable bonds is 4. The molecule has 1 saturated heterocycles. The van der Waals surface area contributed by atoms with Crippen LogP contribution in [0.4, 0.5) is 9.80 Å². The fourth-order valence-electron chi connectivity index (χ4n) is 2.79. The standard InChI is InChI=1S/C16H21N5O2S/c17-16(23)21-15-12(7-13(24-15)10-4-6-19-8-10)14(22)20-11-3-1-2-5-18-9-11/h4,6-8,11,18-19H,1-3,5,9H2,(H,20,22)(H3,17,21,23)/t11-/m0/s1. The van der Waals surface area contributed by atoms with Crippen molar-refractivity contribution in [3.05, 3.63) is 30.1 Å². The molecule has 8 heteroatoms. The number of thiophene rings is 1.